The maximum atomic E-state index is 12.4. The summed E-state index contributed by atoms with van der Waals surface area (Å²) in [4.78, 5) is 25.2. The van der Waals surface area contributed by atoms with Crippen molar-refractivity contribution in [3.63, 3.8) is 0 Å². The molecule has 2 aromatic rings. The summed E-state index contributed by atoms with van der Waals surface area (Å²) in [7, 11) is 1.30. The van der Waals surface area contributed by atoms with Gasteiger partial charge in [0.2, 0.25) is 0 Å². The molecule has 6 heteroatoms. The number of fused-ring (bicyclic) bond motifs is 1. The van der Waals surface area contributed by atoms with E-state index in [1.54, 1.807) is 29.2 Å². The molecule has 0 unspecified atom stereocenters. The maximum Gasteiger partial charge on any atom is 0.411 e. The van der Waals surface area contributed by atoms with Gasteiger partial charge in [-0.3, -0.25) is 10.1 Å². The van der Waals surface area contributed by atoms with E-state index in [9.17, 15) is 9.59 Å². The molecular weight excluding hydrogens is 308 g/mol. The highest BCUT2D eigenvalue weighted by molar-refractivity contribution is 5.96. The minimum Gasteiger partial charge on any atom is -0.484 e. The van der Waals surface area contributed by atoms with Crippen molar-refractivity contribution in [2.75, 3.05) is 30.5 Å². The third-order valence-electron chi connectivity index (χ3n) is 3.84. The molecule has 3 rings (SSSR count). The lowest BCUT2D eigenvalue weighted by Crippen LogP contribution is -2.33. The molecule has 124 valence electrons. The van der Waals surface area contributed by atoms with Gasteiger partial charge >= 0.3 is 6.09 Å². The number of hydrogen-bond acceptors (Lipinski definition) is 4. The van der Waals surface area contributed by atoms with Crippen LogP contribution in [-0.4, -0.2) is 32.3 Å². The summed E-state index contributed by atoms with van der Waals surface area (Å²) in [5, 5.41) is 2.55. The molecule has 6 nitrogen and oxygen atoms in total. The molecule has 1 heterocycles. The molecule has 0 fully saturated rings. The normalized spacial score (nSPS) is 12.5. The number of ether oxygens (including phenoxy) is 2. The number of nitrogens with one attached hydrogen (secondary N) is 1. The molecule has 0 aliphatic carbocycles. The second kappa shape index (κ2) is 7.04. The van der Waals surface area contributed by atoms with Crippen LogP contribution in [0, 0.1) is 0 Å². The average molecular weight is 326 g/mol. The third kappa shape index (κ3) is 3.48. The fraction of sp³-hybridized carbons (Fsp3) is 0.222. The Balaban J connectivity index is 1.56. The Morgan fingerprint density at radius 2 is 1.88 bits per heavy atom. The van der Waals surface area contributed by atoms with Crippen molar-refractivity contribution in [3.05, 3.63) is 54.1 Å². The molecule has 2 aromatic carbocycles. The van der Waals surface area contributed by atoms with Gasteiger partial charge in [0.1, 0.15) is 5.75 Å². The number of nitrogens with zero attached hydrogens (tertiary/aromatic N) is 1. The van der Waals surface area contributed by atoms with Crippen LogP contribution in [0.5, 0.6) is 5.75 Å². The molecule has 0 radical (unpaired) electrons. The minimum absolute atomic E-state index is 0.0297. The Hall–Kier alpha value is -3.02. The van der Waals surface area contributed by atoms with Crippen LogP contribution in [0.4, 0.5) is 16.2 Å². The molecule has 0 bridgehead atoms. The number of para-hydroxylation sites is 1. The molecule has 1 N–H and O–H groups in total. The first-order valence-electron chi connectivity index (χ1n) is 7.63. The van der Waals surface area contributed by atoms with Crippen LogP contribution in [0.15, 0.2) is 48.5 Å². The first-order valence-corrected chi connectivity index (χ1v) is 7.63. The number of anilines is 2. The van der Waals surface area contributed by atoms with Gasteiger partial charge in [0, 0.05) is 17.9 Å². The van der Waals surface area contributed by atoms with Gasteiger partial charge in [-0.2, -0.15) is 0 Å². The monoisotopic (exact) mass is 326 g/mol. The molecule has 0 spiro atoms. The van der Waals surface area contributed by atoms with E-state index in [0.29, 0.717) is 18.0 Å². The van der Waals surface area contributed by atoms with Gasteiger partial charge in [-0.05, 0) is 42.3 Å². The highest BCUT2D eigenvalue weighted by Crippen LogP contribution is 2.27. The molecule has 0 saturated carbocycles. The van der Waals surface area contributed by atoms with Gasteiger partial charge in [-0.25, -0.2) is 4.79 Å². The topological polar surface area (TPSA) is 67.9 Å². The van der Waals surface area contributed by atoms with Crippen LogP contribution in [0.1, 0.15) is 5.56 Å². The quantitative estimate of drug-likeness (QED) is 0.938. The number of amides is 2. The van der Waals surface area contributed by atoms with Crippen LogP contribution in [0.3, 0.4) is 0 Å². The van der Waals surface area contributed by atoms with Crippen LogP contribution in [0.25, 0.3) is 0 Å². The summed E-state index contributed by atoms with van der Waals surface area (Å²) in [6, 6.07) is 14.6. The molecule has 0 atom stereocenters. The summed E-state index contributed by atoms with van der Waals surface area (Å²) in [5.41, 5.74) is 2.74. The Bertz CT molecular complexity index is 743. The molecule has 24 heavy (non-hydrogen) atoms. The number of benzene rings is 2. The van der Waals surface area contributed by atoms with Crippen molar-refractivity contribution < 1.29 is 19.1 Å². The van der Waals surface area contributed by atoms with E-state index in [0.717, 1.165) is 12.1 Å². The zero-order chi connectivity index (χ0) is 16.9. The van der Waals surface area contributed by atoms with Crippen molar-refractivity contribution >= 4 is 23.4 Å². The molecular formula is C18H18N2O4. The standard InChI is InChI=1S/C18H18N2O4/c1-23-18(22)19-14-6-8-15(9-7-14)24-12-17(21)20-11-10-13-4-2-3-5-16(13)20/h2-9H,10-12H2,1H3,(H,19,22). The molecule has 2 amide bonds. The highest BCUT2D eigenvalue weighted by Gasteiger charge is 2.24. The van der Waals surface area contributed by atoms with E-state index in [2.05, 4.69) is 10.1 Å². The molecule has 1 aliphatic heterocycles. The summed E-state index contributed by atoms with van der Waals surface area (Å²) in [6.45, 7) is 0.654. The van der Waals surface area contributed by atoms with E-state index in [4.69, 9.17) is 4.74 Å². The number of carbonyl (C=O) groups is 2. The summed E-state index contributed by atoms with van der Waals surface area (Å²) in [6.07, 6.45) is 0.335. The SMILES string of the molecule is COC(=O)Nc1ccc(OCC(=O)N2CCc3ccccc32)cc1. The van der Waals surface area contributed by atoms with Crippen LogP contribution in [-0.2, 0) is 16.0 Å². The van der Waals surface area contributed by atoms with E-state index >= 15 is 0 Å². The van der Waals surface area contributed by atoms with E-state index in [1.807, 2.05) is 24.3 Å². The lowest BCUT2D eigenvalue weighted by molar-refractivity contribution is -0.120. The summed E-state index contributed by atoms with van der Waals surface area (Å²) >= 11 is 0. The summed E-state index contributed by atoms with van der Waals surface area (Å²) < 4.78 is 10.1. The van der Waals surface area contributed by atoms with Gasteiger partial charge in [0.25, 0.3) is 5.91 Å². The van der Waals surface area contributed by atoms with E-state index in [-0.39, 0.29) is 12.5 Å². The van der Waals surface area contributed by atoms with Crippen LogP contribution in [0.2, 0.25) is 0 Å². The van der Waals surface area contributed by atoms with Gasteiger partial charge in [0.15, 0.2) is 6.61 Å². The van der Waals surface area contributed by atoms with Gasteiger partial charge in [-0.1, -0.05) is 18.2 Å². The molecule has 0 aromatic heterocycles. The van der Waals surface area contributed by atoms with Gasteiger partial charge < -0.3 is 14.4 Å². The number of hydrogen-bond donors (Lipinski definition) is 1. The largest absolute Gasteiger partial charge is 0.484 e. The maximum absolute atomic E-state index is 12.4. The second-order valence-corrected chi connectivity index (χ2v) is 5.35. The van der Waals surface area contributed by atoms with Crippen molar-refractivity contribution in [3.8, 4) is 5.75 Å². The fourth-order valence-electron chi connectivity index (χ4n) is 2.62. The Morgan fingerprint density at radius 3 is 2.62 bits per heavy atom. The Morgan fingerprint density at radius 1 is 1.12 bits per heavy atom. The first kappa shape index (κ1) is 15.9. The molecule has 0 saturated heterocycles. The van der Waals surface area contributed by atoms with E-state index in [1.165, 1.54) is 12.7 Å². The van der Waals surface area contributed by atoms with Crippen molar-refractivity contribution in [2.45, 2.75) is 6.42 Å². The smallest absolute Gasteiger partial charge is 0.411 e. The minimum atomic E-state index is -0.536. The lowest BCUT2D eigenvalue weighted by atomic mass is 10.2. The second-order valence-electron chi connectivity index (χ2n) is 5.35. The highest BCUT2D eigenvalue weighted by atomic mass is 16.5. The van der Waals surface area contributed by atoms with Crippen molar-refractivity contribution in [2.24, 2.45) is 0 Å². The number of methoxy groups -OCH3 is 1. The van der Waals surface area contributed by atoms with Crippen LogP contribution < -0.4 is 15.0 Å². The predicted octanol–water partition coefficient (Wildman–Crippen LogP) is 2.83. The lowest BCUT2D eigenvalue weighted by Gasteiger charge is -2.17. The van der Waals surface area contributed by atoms with Crippen LogP contribution >= 0.6 is 0 Å². The Kier molecular flexibility index (Phi) is 4.65. The number of rotatable bonds is 4. The summed E-state index contributed by atoms with van der Waals surface area (Å²) in [5.74, 6) is 0.489. The average Bonchev–Trinajstić information content (AvgIpc) is 3.05. The van der Waals surface area contributed by atoms with Crippen molar-refractivity contribution in [1.29, 1.82) is 0 Å². The van der Waals surface area contributed by atoms with Crippen molar-refractivity contribution in [1.82, 2.24) is 0 Å². The third-order valence-corrected chi connectivity index (χ3v) is 3.84. The van der Waals surface area contributed by atoms with Gasteiger partial charge in [0.05, 0.1) is 7.11 Å². The van der Waals surface area contributed by atoms with E-state index < -0.39 is 6.09 Å². The predicted molar refractivity (Wildman–Crippen MR) is 90.5 cm³/mol. The van der Waals surface area contributed by atoms with Gasteiger partial charge in [-0.15, -0.1) is 0 Å². The fourth-order valence-corrected chi connectivity index (χ4v) is 2.62. The zero-order valence-electron chi connectivity index (χ0n) is 13.3. The first-order chi connectivity index (χ1) is 11.7. The Labute approximate surface area is 140 Å². The number of carbonyl (C=O) groups excluding carboxylic acids is 2. The zero-order valence-corrected chi connectivity index (χ0v) is 13.3. The molecule has 1 aliphatic rings.